The quantitative estimate of drug-likeness (QED) is 0.193. The van der Waals surface area contributed by atoms with Gasteiger partial charge in [-0.05, 0) is 84.6 Å². The summed E-state index contributed by atoms with van der Waals surface area (Å²) in [7, 11) is 0. The van der Waals surface area contributed by atoms with Crippen molar-refractivity contribution in [1.29, 1.82) is 15.8 Å². The number of rotatable bonds is 4. The summed E-state index contributed by atoms with van der Waals surface area (Å²) < 4.78 is 4.54. The molecule has 0 N–H and O–H groups in total. The maximum absolute atomic E-state index is 10.5. The van der Waals surface area contributed by atoms with Gasteiger partial charge in [0.15, 0.2) is 0 Å². The van der Waals surface area contributed by atoms with Crippen molar-refractivity contribution in [3.63, 3.8) is 0 Å². The Labute approximate surface area is 289 Å². The van der Waals surface area contributed by atoms with Gasteiger partial charge in [-0.1, -0.05) is 78.9 Å². The van der Waals surface area contributed by atoms with E-state index >= 15 is 0 Å². The second-order valence-corrected chi connectivity index (χ2v) is 12.6. The Morgan fingerprint density at radius 1 is 0.540 bits per heavy atom. The van der Waals surface area contributed by atoms with E-state index in [0.29, 0.717) is 16.7 Å². The van der Waals surface area contributed by atoms with E-state index in [9.17, 15) is 15.8 Å². The second kappa shape index (κ2) is 11.5. The molecule has 0 fully saturated rings. The maximum Gasteiger partial charge on any atom is 0.0998 e. The Kier molecular flexibility index (Phi) is 6.70. The van der Waals surface area contributed by atoms with E-state index in [1.165, 1.54) is 16.6 Å². The molecule has 9 rings (SSSR count). The fourth-order valence-electron chi connectivity index (χ4n) is 7.76. The molecule has 0 radical (unpaired) electrons. The molecule has 5 nitrogen and oxygen atoms in total. The summed E-state index contributed by atoms with van der Waals surface area (Å²) in [4.78, 5) is 0. The number of fused-ring (bicyclic) bond motifs is 6. The van der Waals surface area contributed by atoms with E-state index in [1.54, 1.807) is 0 Å². The third kappa shape index (κ3) is 4.37. The fourth-order valence-corrected chi connectivity index (χ4v) is 7.76. The van der Waals surface area contributed by atoms with Crippen molar-refractivity contribution in [2.75, 3.05) is 0 Å². The summed E-state index contributed by atoms with van der Waals surface area (Å²) in [6.07, 6.45) is 6.44. The first-order chi connectivity index (χ1) is 24.7. The van der Waals surface area contributed by atoms with Crippen LogP contribution in [-0.4, -0.2) is 9.13 Å². The van der Waals surface area contributed by atoms with E-state index < -0.39 is 0 Å². The number of nitrogens with zero attached hydrogens (tertiary/aromatic N) is 5. The van der Waals surface area contributed by atoms with Crippen LogP contribution in [0, 0.1) is 34.0 Å². The third-order valence-electron chi connectivity index (χ3n) is 9.89. The molecule has 50 heavy (non-hydrogen) atoms. The lowest BCUT2D eigenvalue weighted by Gasteiger charge is -2.19. The van der Waals surface area contributed by atoms with Crippen LogP contribution in [0.3, 0.4) is 0 Å². The fraction of sp³-hybridized carbons (Fsp3) is 0.0444. The van der Waals surface area contributed by atoms with Crippen LogP contribution in [0.5, 0.6) is 0 Å². The van der Waals surface area contributed by atoms with Gasteiger partial charge in [-0.25, -0.2) is 0 Å². The molecule has 0 amide bonds. The van der Waals surface area contributed by atoms with Crippen LogP contribution in [0.15, 0.2) is 133 Å². The number of aromatic nitrogens is 2. The predicted molar refractivity (Wildman–Crippen MR) is 200 cm³/mol. The van der Waals surface area contributed by atoms with Crippen molar-refractivity contribution in [1.82, 2.24) is 9.13 Å². The lowest BCUT2D eigenvalue weighted by Crippen LogP contribution is -2.03. The number of hydrogen-bond acceptors (Lipinski definition) is 3. The summed E-state index contributed by atoms with van der Waals surface area (Å²) in [5.41, 5.74) is 12.7. The molecule has 0 aliphatic heterocycles. The topological polar surface area (TPSA) is 81.2 Å². The van der Waals surface area contributed by atoms with Crippen molar-refractivity contribution >= 4 is 38.8 Å². The highest BCUT2D eigenvalue weighted by molar-refractivity contribution is 6.10. The van der Waals surface area contributed by atoms with E-state index in [4.69, 9.17) is 0 Å². The molecule has 0 spiro atoms. The van der Waals surface area contributed by atoms with Gasteiger partial charge in [0, 0.05) is 44.2 Å². The number of benzene rings is 6. The van der Waals surface area contributed by atoms with Crippen LogP contribution < -0.4 is 0 Å². The predicted octanol–water partition coefficient (Wildman–Crippen LogP) is 10.6. The Bertz CT molecular complexity index is 2860. The zero-order chi connectivity index (χ0) is 33.8. The van der Waals surface area contributed by atoms with Gasteiger partial charge in [-0.3, -0.25) is 0 Å². The highest BCUT2D eigenvalue weighted by atomic mass is 15.0. The Morgan fingerprint density at radius 2 is 1.26 bits per heavy atom. The minimum Gasteiger partial charge on any atom is -0.313 e. The van der Waals surface area contributed by atoms with Gasteiger partial charge in [-0.15, -0.1) is 0 Å². The SMILES string of the molecule is N#Cc1ccc(-c2cccc(C#N)c2-c2cccc(-n3c4c(c5ccccc53)C=CCC4)c2)c(-n2c3ccccc3c3cc(C#N)ccc32)c1. The zero-order valence-electron chi connectivity index (χ0n) is 26.9. The van der Waals surface area contributed by atoms with Gasteiger partial charge >= 0.3 is 0 Å². The molecule has 8 aromatic rings. The van der Waals surface area contributed by atoms with Crippen LogP contribution in [0.2, 0.25) is 0 Å². The number of para-hydroxylation sites is 2. The monoisotopic (exact) mass is 637 g/mol. The van der Waals surface area contributed by atoms with Gasteiger partial charge in [-0.2, -0.15) is 15.8 Å². The number of nitriles is 3. The molecule has 0 saturated heterocycles. The van der Waals surface area contributed by atoms with Crippen molar-refractivity contribution in [2.45, 2.75) is 12.8 Å². The Balaban J connectivity index is 1.31. The molecular weight excluding hydrogens is 611 g/mol. The van der Waals surface area contributed by atoms with Crippen molar-refractivity contribution < 1.29 is 0 Å². The largest absolute Gasteiger partial charge is 0.313 e. The van der Waals surface area contributed by atoms with E-state index in [-0.39, 0.29) is 0 Å². The average Bonchev–Trinajstić information content (AvgIpc) is 3.70. The van der Waals surface area contributed by atoms with Crippen LogP contribution in [0.1, 0.15) is 34.4 Å². The number of allylic oxidation sites excluding steroid dienone is 1. The molecule has 2 aromatic heterocycles. The molecule has 0 atom stereocenters. The first kappa shape index (κ1) is 29.0. The summed E-state index contributed by atoms with van der Waals surface area (Å²) >= 11 is 0. The summed E-state index contributed by atoms with van der Waals surface area (Å²) in [5, 5.41) is 33.5. The second-order valence-electron chi connectivity index (χ2n) is 12.6. The van der Waals surface area contributed by atoms with Crippen LogP contribution >= 0.6 is 0 Å². The highest BCUT2D eigenvalue weighted by Gasteiger charge is 2.22. The lowest BCUT2D eigenvalue weighted by molar-refractivity contribution is 0.889. The van der Waals surface area contributed by atoms with E-state index in [2.05, 4.69) is 106 Å². The van der Waals surface area contributed by atoms with Crippen molar-refractivity contribution in [2.24, 2.45) is 0 Å². The van der Waals surface area contributed by atoms with Gasteiger partial charge in [0.05, 0.1) is 57.1 Å². The summed E-state index contributed by atoms with van der Waals surface area (Å²) in [6, 6.07) is 49.6. The van der Waals surface area contributed by atoms with Crippen molar-refractivity contribution in [3.05, 3.63) is 161 Å². The number of hydrogen-bond donors (Lipinski definition) is 0. The van der Waals surface area contributed by atoms with Crippen LogP contribution in [-0.2, 0) is 6.42 Å². The minimum absolute atomic E-state index is 0.529. The molecule has 5 heteroatoms. The third-order valence-corrected chi connectivity index (χ3v) is 9.89. The Hall–Kier alpha value is -7.13. The Morgan fingerprint density at radius 3 is 2.08 bits per heavy atom. The van der Waals surface area contributed by atoms with Crippen molar-refractivity contribution in [3.8, 4) is 51.8 Å². The summed E-state index contributed by atoms with van der Waals surface area (Å²) in [5.74, 6) is 0. The minimum atomic E-state index is 0.529. The standard InChI is InChI=1S/C45H27N5/c46-26-29-20-22-43-39(23-29)36-14-3-6-18-42(36)50(43)44-24-30(27-47)19-21-37(44)38-15-8-10-32(28-48)45(38)31-9-7-11-33(25-31)49-40-16-4-1-12-34(40)35-13-2-5-17-41(35)49/h1-4,6-16,18-25H,5,17H2. The van der Waals surface area contributed by atoms with E-state index in [0.717, 1.165) is 73.8 Å². The summed E-state index contributed by atoms with van der Waals surface area (Å²) in [6.45, 7) is 0. The molecule has 0 unspecified atom stereocenters. The molecule has 2 heterocycles. The van der Waals surface area contributed by atoms with Gasteiger partial charge in [0.25, 0.3) is 0 Å². The molecule has 0 bridgehead atoms. The zero-order valence-corrected chi connectivity index (χ0v) is 26.9. The van der Waals surface area contributed by atoms with Gasteiger partial charge in [0.2, 0.25) is 0 Å². The molecule has 232 valence electrons. The normalized spacial score (nSPS) is 12.1. The van der Waals surface area contributed by atoms with E-state index in [1.807, 2.05) is 60.7 Å². The average molecular weight is 638 g/mol. The molecule has 1 aliphatic rings. The first-order valence-corrected chi connectivity index (χ1v) is 16.6. The van der Waals surface area contributed by atoms with Crippen LogP contribution in [0.4, 0.5) is 0 Å². The molecule has 6 aromatic carbocycles. The molecule has 0 saturated carbocycles. The highest BCUT2D eigenvalue weighted by Crippen LogP contribution is 2.42. The molecule has 1 aliphatic carbocycles. The van der Waals surface area contributed by atoms with Crippen LogP contribution in [0.25, 0.3) is 72.4 Å². The van der Waals surface area contributed by atoms with Gasteiger partial charge in [0.1, 0.15) is 0 Å². The van der Waals surface area contributed by atoms with Gasteiger partial charge < -0.3 is 9.13 Å². The smallest absolute Gasteiger partial charge is 0.0998 e. The maximum atomic E-state index is 10.5. The lowest BCUT2D eigenvalue weighted by atomic mass is 9.89. The first-order valence-electron chi connectivity index (χ1n) is 16.6. The molecular formula is C45H27N5.